The summed E-state index contributed by atoms with van der Waals surface area (Å²) in [4.78, 5) is 82.9. The van der Waals surface area contributed by atoms with Gasteiger partial charge in [0.1, 0.15) is 11.4 Å². The SMILES string of the molecule is CC(C)(CCNC(=O)CN(CCNCC(=O)O)CCN(CCNCC(=O)O)CC(=O)O)OCCC(C)(C)OCCNC(=O)CCCC(=O)Nc1ccc(-c2nnc(-c3ccccn3)nn2)nc1. The van der Waals surface area contributed by atoms with Crippen molar-refractivity contribution < 1.29 is 53.6 Å². The van der Waals surface area contributed by atoms with Crippen LogP contribution in [0.5, 0.6) is 0 Å². The Hall–Kier alpha value is -6.18. The van der Waals surface area contributed by atoms with Crippen LogP contribution in [0, 0.1) is 0 Å². The van der Waals surface area contributed by atoms with Crippen molar-refractivity contribution in [2.45, 2.75) is 71.0 Å². The number of anilines is 1. The molecular weight excluding hydrogens is 875 g/mol. The number of hydrogen-bond donors (Lipinski definition) is 8. The molecule has 0 aliphatic heterocycles. The minimum absolute atomic E-state index is 0.00824. The maximum Gasteiger partial charge on any atom is 0.317 e. The molecule has 67 heavy (non-hydrogen) atoms. The fraction of sp³-hybridized carbons (Fsp3) is 0.581. The second-order valence-electron chi connectivity index (χ2n) is 16.6. The third kappa shape index (κ3) is 24.8. The number of aliphatic carboxylic acids is 3. The number of hydrogen-bond acceptors (Lipinski definition) is 18. The maximum atomic E-state index is 13.0. The van der Waals surface area contributed by atoms with E-state index >= 15 is 0 Å². The van der Waals surface area contributed by atoms with Crippen LogP contribution in [0.25, 0.3) is 23.0 Å². The van der Waals surface area contributed by atoms with E-state index in [0.717, 1.165) is 0 Å². The van der Waals surface area contributed by atoms with Gasteiger partial charge < -0.3 is 51.4 Å². The van der Waals surface area contributed by atoms with Gasteiger partial charge in [0, 0.05) is 71.4 Å². The first-order valence-electron chi connectivity index (χ1n) is 22.0. The van der Waals surface area contributed by atoms with Crippen LogP contribution in [0.2, 0.25) is 0 Å². The molecule has 0 spiro atoms. The number of carbonyl (C=O) groups is 6. The molecule has 3 amide bonds. The molecule has 3 aromatic heterocycles. The van der Waals surface area contributed by atoms with Gasteiger partial charge >= 0.3 is 17.9 Å². The van der Waals surface area contributed by atoms with Crippen LogP contribution in [0.1, 0.15) is 59.8 Å². The molecule has 368 valence electrons. The van der Waals surface area contributed by atoms with Crippen LogP contribution in [0.4, 0.5) is 5.69 Å². The molecule has 24 nitrogen and oxygen atoms in total. The Morgan fingerprint density at radius 1 is 0.597 bits per heavy atom. The zero-order chi connectivity index (χ0) is 49.1. The Bertz CT molecular complexity index is 1990. The summed E-state index contributed by atoms with van der Waals surface area (Å²) < 4.78 is 12.2. The smallest absolute Gasteiger partial charge is 0.317 e. The van der Waals surface area contributed by atoms with Gasteiger partial charge in [-0.1, -0.05) is 6.07 Å². The number of nitrogens with one attached hydrogen (secondary N) is 5. The van der Waals surface area contributed by atoms with E-state index in [4.69, 9.17) is 19.7 Å². The molecule has 8 N–H and O–H groups in total. The molecule has 0 aliphatic carbocycles. The molecule has 0 fully saturated rings. The topological polar surface area (TPSA) is 326 Å². The third-order valence-corrected chi connectivity index (χ3v) is 9.84. The molecule has 0 aliphatic rings. The van der Waals surface area contributed by atoms with Crippen LogP contribution in [0.15, 0.2) is 42.7 Å². The van der Waals surface area contributed by atoms with Crippen LogP contribution >= 0.6 is 0 Å². The number of amides is 3. The fourth-order valence-corrected chi connectivity index (χ4v) is 6.13. The van der Waals surface area contributed by atoms with Crippen LogP contribution in [-0.2, 0) is 38.2 Å². The maximum absolute atomic E-state index is 13.0. The predicted octanol–water partition coefficient (Wildman–Crippen LogP) is 0.139. The Labute approximate surface area is 389 Å². The molecular formula is C43H65N13O11. The quantitative estimate of drug-likeness (QED) is 0.0364. The molecule has 0 bridgehead atoms. The Kier molecular flexibility index (Phi) is 24.2. The predicted molar refractivity (Wildman–Crippen MR) is 243 cm³/mol. The van der Waals surface area contributed by atoms with E-state index in [0.29, 0.717) is 69.1 Å². The minimum Gasteiger partial charge on any atom is -0.480 e. The number of rotatable bonds is 35. The summed E-state index contributed by atoms with van der Waals surface area (Å²) in [7, 11) is 0. The molecule has 0 atom stereocenters. The first-order valence-corrected chi connectivity index (χ1v) is 22.0. The van der Waals surface area contributed by atoms with Crippen molar-refractivity contribution in [3.63, 3.8) is 0 Å². The van der Waals surface area contributed by atoms with Crippen LogP contribution < -0.4 is 26.6 Å². The van der Waals surface area contributed by atoms with E-state index in [2.05, 4.69) is 56.9 Å². The van der Waals surface area contributed by atoms with Gasteiger partial charge in [-0.25, -0.2) is 0 Å². The third-order valence-electron chi connectivity index (χ3n) is 9.84. The van der Waals surface area contributed by atoms with Gasteiger partial charge in [-0.15, -0.1) is 20.4 Å². The summed E-state index contributed by atoms with van der Waals surface area (Å²) in [5.74, 6) is -3.31. The van der Waals surface area contributed by atoms with Gasteiger partial charge in [0.2, 0.25) is 29.4 Å². The number of nitrogens with zero attached hydrogens (tertiary/aromatic N) is 8. The van der Waals surface area contributed by atoms with E-state index in [1.165, 1.54) is 6.20 Å². The summed E-state index contributed by atoms with van der Waals surface area (Å²) in [5, 5.41) is 57.4. The number of pyridine rings is 2. The van der Waals surface area contributed by atoms with Crippen LogP contribution in [0.3, 0.4) is 0 Å². The largest absolute Gasteiger partial charge is 0.480 e. The number of carbonyl (C=O) groups excluding carboxylic acids is 3. The highest BCUT2D eigenvalue weighted by Gasteiger charge is 2.24. The molecule has 0 radical (unpaired) electrons. The zero-order valence-electron chi connectivity index (χ0n) is 38.7. The molecule has 0 saturated heterocycles. The Balaban J connectivity index is 1.28. The minimum atomic E-state index is -1.05. The highest BCUT2D eigenvalue weighted by atomic mass is 16.5. The van der Waals surface area contributed by atoms with Gasteiger partial charge in [0.05, 0.1) is 62.5 Å². The van der Waals surface area contributed by atoms with Crippen molar-refractivity contribution in [2.75, 3.05) is 97.1 Å². The van der Waals surface area contributed by atoms with Gasteiger partial charge in [0.25, 0.3) is 0 Å². The number of aromatic nitrogens is 6. The van der Waals surface area contributed by atoms with Gasteiger partial charge in [-0.05, 0) is 71.2 Å². The Morgan fingerprint density at radius 3 is 1.73 bits per heavy atom. The second-order valence-corrected chi connectivity index (χ2v) is 16.6. The van der Waals surface area contributed by atoms with Crippen molar-refractivity contribution in [2.24, 2.45) is 0 Å². The van der Waals surface area contributed by atoms with Crippen molar-refractivity contribution >= 4 is 41.3 Å². The monoisotopic (exact) mass is 939 g/mol. The summed E-state index contributed by atoms with van der Waals surface area (Å²) in [6, 6.07) is 8.64. The van der Waals surface area contributed by atoms with E-state index in [1.807, 2.05) is 33.8 Å². The lowest BCUT2D eigenvalue weighted by Gasteiger charge is -2.30. The molecule has 3 aromatic rings. The summed E-state index contributed by atoms with van der Waals surface area (Å²) >= 11 is 0. The molecule has 24 heteroatoms. The van der Waals surface area contributed by atoms with Gasteiger partial charge in [-0.3, -0.25) is 48.5 Å². The highest BCUT2D eigenvalue weighted by molar-refractivity contribution is 5.91. The van der Waals surface area contributed by atoms with E-state index in [9.17, 15) is 33.9 Å². The van der Waals surface area contributed by atoms with Crippen molar-refractivity contribution in [3.05, 3.63) is 42.7 Å². The van der Waals surface area contributed by atoms with E-state index < -0.39 is 29.1 Å². The lowest BCUT2D eigenvalue weighted by atomic mass is 10.0. The normalized spacial score (nSPS) is 11.7. The van der Waals surface area contributed by atoms with Crippen molar-refractivity contribution in [1.82, 2.24) is 61.4 Å². The first-order chi connectivity index (χ1) is 31.9. The standard InChI is InChI=1S/C43H65N13O11/c1-42(2,13-16-47-36(59)29-55(20-17-44-27-37(60)61)22-23-56(30-39(64)65)21-18-45-28-38(62)63)66-24-14-43(3,4)67-25-19-48-34(57)9-7-10-35(58)50-31-11-12-33(49-26-31)41-53-51-40(52-54-41)32-8-5-6-15-46-32/h5-6,8,11-12,15,26,44-45H,7,9-10,13-14,16-25,27-30H2,1-4H3,(H,47,59)(H,48,57)(H,50,58)(H,60,61)(H,62,63)(H,64,65). The lowest BCUT2D eigenvalue weighted by Crippen LogP contribution is -2.46. The zero-order valence-corrected chi connectivity index (χ0v) is 38.7. The highest BCUT2D eigenvalue weighted by Crippen LogP contribution is 2.20. The average Bonchev–Trinajstić information content (AvgIpc) is 3.27. The van der Waals surface area contributed by atoms with Crippen LogP contribution in [-0.4, -0.2) is 194 Å². The molecule has 0 saturated carbocycles. The second kappa shape index (κ2) is 29.5. The van der Waals surface area contributed by atoms with E-state index in [1.54, 1.807) is 40.3 Å². The molecule has 0 unspecified atom stereocenters. The summed E-state index contributed by atoms with van der Waals surface area (Å²) in [5.41, 5.74) is 0.316. The summed E-state index contributed by atoms with van der Waals surface area (Å²) in [6.45, 7) is 9.91. The molecule has 3 rings (SSSR count). The molecule has 3 heterocycles. The lowest BCUT2D eigenvalue weighted by molar-refractivity contribution is -0.139. The van der Waals surface area contributed by atoms with Gasteiger partial charge in [0.15, 0.2) is 0 Å². The number of carboxylic acid groups (broad SMARTS) is 3. The van der Waals surface area contributed by atoms with Crippen molar-refractivity contribution in [1.29, 1.82) is 0 Å². The Morgan fingerprint density at radius 2 is 1.16 bits per heavy atom. The number of ether oxygens (including phenoxy) is 2. The molecule has 0 aromatic carbocycles. The van der Waals surface area contributed by atoms with Gasteiger partial charge in [-0.2, -0.15) is 0 Å². The van der Waals surface area contributed by atoms with E-state index in [-0.39, 0.29) is 101 Å². The van der Waals surface area contributed by atoms with Crippen molar-refractivity contribution in [3.8, 4) is 23.0 Å². The average molecular weight is 940 g/mol. The fourth-order valence-electron chi connectivity index (χ4n) is 6.13. The summed E-state index contributed by atoms with van der Waals surface area (Å²) in [6.07, 6.45) is 4.81. The first kappa shape index (κ1) is 55.1. The number of carboxylic acids is 3.